The molecule has 0 atom stereocenters. The highest BCUT2D eigenvalue weighted by atomic mass is 14.2. The van der Waals surface area contributed by atoms with Crippen LogP contribution in [0.1, 0.15) is 55.7 Å². The molecule has 0 nitrogen and oxygen atoms in total. The molecule has 0 aromatic heterocycles. The van der Waals surface area contributed by atoms with E-state index in [-0.39, 0.29) is 0 Å². The predicted molar refractivity (Wildman–Crippen MR) is 91.2 cm³/mol. The normalized spacial score (nSPS) is 12.0. The fraction of sp³-hybridized carbons (Fsp3) is 0.333. The number of benzene rings is 2. The van der Waals surface area contributed by atoms with E-state index in [1.165, 1.54) is 53.5 Å². The molecular formula is C21H23. The Morgan fingerprint density at radius 2 is 1.76 bits per heavy atom. The maximum atomic E-state index is 6.40. The SMILES string of the molecule is [CH]=C(CCCCCC)c1cccc2c1Cc1ccccc1-2. The number of hydrogen-bond acceptors (Lipinski definition) is 0. The third kappa shape index (κ3) is 2.81. The summed E-state index contributed by atoms with van der Waals surface area (Å²) in [6.07, 6.45) is 7.12. The van der Waals surface area contributed by atoms with Crippen LogP contribution in [-0.4, -0.2) is 0 Å². The van der Waals surface area contributed by atoms with Crippen molar-refractivity contribution in [3.63, 3.8) is 0 Å². The summed E-state index contributed by atoms with van der Waals surface area (Å²) in [4.78, 5) is 0. The minimum absolute atomic E-state index is 1.02. The topological polar surface area (TPSA) is 0 Å². The first kappa shape index (κ1) is 14.1. The van der Waals surface area contributed by atoms with E-state index in [0.717, 1.165) is 18.4 Å². The van der Waals surface area contributed by atoms with Crippen LogP contribution in [0, 0.1) is 6.58 Å². The Morgan fingerprint density at radius 1 is 0.952 bits per heavy atom. The van der Waals surface area contributed by atoms with Gasteiger partial charge in [0.1, 0.15) is 0 Å². The summed E-state index contributed by atoms with van der Waals surface area (Å²) < 4.78 is 0. The summed E-state index contributed by atoms with van der Waals surface area (Å²) in [6.45, 7) is 8.65. The van der Waals surface area contributed by atoms with Crippen molar-refractivity contribution < 1.29 is 0 Å². The Balaban J connectivity index is 1.81. The Hall–Kier alpha value is -1.82. The summed E-state index contributed by atoms with van der Waals surface area (Å²) in [5, 5.41) is 0. The van der Waals surface area contributed by atoms with Crippen LogP contribution in [0.4, 0.5) is 0 Å². The minimum Gasteiger partial charge on any atom is -0.0654 e. The number of hydrogen-bond donors (Lipinski definition) is 0. The van der Waals surface area contributed by atoms with Crippen molar-refractivity contribution in [2.24, 2.45) is 0 Å². The van der Waals surface area contributed by atoms with Crippen molar-refractivity contribution >= 4 is 5.57 Å². The van der Waals surface area contributed by atoms with E-state index in [2.05, 4.69) is 49.4 Å². The molecule has 0 heteroatoms. The second-order valence-corrected chi connectivity index (χ2v) is 6.00. The molecule has 1 radical (unpaired) electrons. The molecule has 107 valence electrons. The van der Waals surface area contributed by atoms with Gasteiger partial charge in [0, 0.05) is 0 Å². The van der Waals surface area contributed by atoms with E-state index >= 15 is 0 Å². The van der Waals surface area contributed by atoms with Gasteiger partial charge in [0.15, 0.2) is 0 Å². The molecule has 0 spiro atoms. The number of rotatable bonds is 6. The summed E-state index contributed by atoms with van der Waals surface area (Å²) in [5.74, 6) is 0. The predicted octanol–water partition coefficient (Wildman–Crippen LogP) is 6.04. The average Bonchev–Trinajstić information content (AvgIpc) is 2.90. The van der Waals surface area contributed by atoms with Crippen molar-refractivity contribution in [3.8, 4) is 11.1 Å². The zero-order valence-electron chi connectivity index (χ0n) is 12.9. The van der Waals surface area contributed by atoms with Crippen LogP contribution in [0.3, 0.4) is 0 Å². The third-order valence-electron chi connectivity index (χ3n) is 4.50. The number of unbranched alkanes of at least 4 members (excludes halogenated alkanes) is 3. The Bertz CT molecular complexity index is 649. The van der Waals surface area contributed by atoms with Crippen LogP contribution in [0.5, 0.6) is 0 Å². The van der Waals surface area contributed by atoms with E-state index in [9.17, 15) is 0 Å². The molecule has 0 unspecified atom stereocenters. The molecule has 2 aromatic rings. The molecule has 0 aliphatic heterocycles. The molecule has 0 N–H and O–H groups in total. The number of fused-ring (bicyclic) bond motifs is 3. The quantitative estimate of drug-likeness (QED) is 0.481. The fourth-order valence-electron chi connectivity index (χ4n) is 3.34. The van der Waals surface area contributed by atoms with Gasteiger partial charge in [-0.25, -0.2) is 0 Å². The van der Waals surface area contributed by atoms with Crippen LogP contribution in [0.25, 0.3) is 16.7 Å². The lowest BCUT2D eigenvalue weighted by molar-refractivity contribution is 0.678. The van der Waals surface area contributed by atoms with Crippen LogP contribution in [0.2, 0.25) is 0 Å². The highest BCUT2D eigenvalue weighted by Crippen LogP contribution is 2.40. The standard InChI is InChI=1S/C21H23/c1-3-4-5-6-10-16(2)18-13-9-14-20-19-12-8-7-11-17(19)15-21(18)20/h2,7-9,11-14H,3-6,10,15H2,1H3. The molecular weight excluding hydrogens is 252 g/mol. The lowest BCUT2D eigenvalue weighted by atomic mass is 9.93. The van der Waals surface area contributed by atoms with Gasteiger partial charge in [-0.2, -0.15) is 0 Å². The maximum Gasteiger partial charge on any atom is -0.000740 e. The zero-order valence-corrected chi connectivity index (χ0v) is 12.9. The van der Waals surface area contributed by atoms with Crippen molar-refractivity contribution in [2.75, 3.05) is 0 Å². The van der Waals surface area contributed by atoms with Gasteiger partial charge >= 0.3 is 0 Å². The first-order chi connectivity index (χ1) is 10.3. The van der Waals surface area contributed by atoms with E-state index in [4.69, 9.17) is 6.58 Å². The Morgan fingerprint density at radius 3 is 2.62 bits per heavy atom. The fourth-order valence-corrected chi connectivity index (χ4v) is 3.34. The molecule has 1 aliphatic carbocycles. The molecule has 3 rings (SSSR count). The highest BCUT2D eigenvalue weighted by molar-refractivity contribution is 5.82. The molecule has 0 saturated heterocycles. The van der Waals surface area contributed by atoms with Gasteiger partial charge in [-0.3, -0.25) is 0 Å². The Kier molecular flexibility index (Phi) is 4.24. The van der Waals surface area contributed by atoms with Gasteiger partial charge in [-0.1, -0.05) is 75.2 Å². The molecule has 0 amide bonds. The summed E-state index contributed by atoms with van der Waals surface area (Å²) in [5.41, 5.74) is 7.95. The van der Waals surface area contributed by atoms with Crippen molar-refractivity contribution in [1.82, 2.24) is 0 Å². The monoisotopic (exact) mass is 275 g/mol. The maximum absolute atomic E-state index is 6.40. The third-order valence-corrected chi connectivity index (χ3v) is 4.50. The summed E-state index contributed by atoms with van der Waals surface area (Å²) >= 11 is 0. The van der Waals surface area contributed by atoms with E-state index in [1.807, 2.05) is 0 Å². The van der Waals surface area contributed by atoms with Gasteiger partial charge in [-0.05, 0) is 52.7 Å². The van der Waals surface area contributed by atoms with Crippen molar-refractivity contribution in [3.05, 3.63) is 65.7 Å². The molecule has 0 bridgehead atoms. The summed E-state index contributed by atoms with van der Waals surface area (Å²) in [6, 6.07) is 15.3. The molecule has 0 fully saturated rings. The van der Waals surface area contributed by atoms with Crippen LogP contribution in [-0.2, 0) is 6.42 Å². The van der Waals surface area contributed by atoms with Gasteiger partial charge < -0.3 is 0 Å². The second-order valence-electron chi connectivity index (χ2n) is 6.00. The minimum atomic E-state index is 1.02. The van der Waals surface area contributed by atoms with Crippen molar-refractivity contribution in [2.45, 2.75) is 45.4 Å². The van der Waals surface area contributed by atoms with E-state index < -0.39 is 0 Å². The van der Waals surface area contributed by atoms with E-state index in [1.54, 1.807) is 0 Å². The molecule has 2 aromatic carbocycles. The highest BCUT2D eigenvalue weighted by Gasteiger charge is 2.20. The lowest BCUT2D eigenvalue weighted by Crippen LogP contribution is -1.92. The second kappa shape index (κ2) is 6.30. The molecule has 21 heavy (non-hydrogen) atoms. The van der Waals surface area contributed by atoms with E-state index in [0.29, 0.717) is 0 Å². The Labute approximate surface area is 128 Å². The summed E-state index contributed by atoms with van der Waals surface area (Å²) in [7, 11) is 0. The van der Waals surface area contributed by atoms with Crippen LogP contribution < -0.4 is 0 Å². The molecule has 1 aliphatic rings. The average molecular weight is 275 g/mol. The zero-order chi connectivity index (χ0) is 14.7. The first-order valence-electron chi connectivity index (χ1n) is 8.13. The van der Waals surface area contributed by atoms with Gasteiger partial charge in [0.2, 0.25) is 0 Å². The van der Waals surface area contributed by atoms with Gasteiger partial charge in [-0.15, -0.1) is 0 Å². The van der Waals surface area contributed by atoms with Crippen LogP contribution in [0.15, 0.2) is 42.5 Å². The largest absolute Gasteiger partial charge is 0.0654 e. The molecule has 0 saturated carbocycles. The van der Waals surface area contributed by atoms with Crippen molar-refractivity contribution in [1.29, 1.82) is 0 Å². The lowest BCUT2D eigenvalue weighted by Gasteiger charge is -2.11. The van der Waals surface area contributed by atoms with Crippen LogP contribution >= 0.6 is 0 Å². The van der Waals surface area contributed by atoms with Gasteiger partial charge in [0.25, 0.3) is 0 Å². The smallest absolute Gasteiger partial charge is 0.000740 e. The first-order valence-corrected chi connectivity index (χ1v) is 8.13. The number of allylic oxidation sites excluding steroid dienone is 1. The molecule has 0 heterocycles. The van der Waals surface area contributed by atoms with Gasteiger partial charge in [0.05, 0.1) is 0 Å².